The van der Waals surface area contributed by atoms with Crippen molar-refractivity contribution < 1.29 is 18.3 Å². The number of hydrogen-bond donors (Lipinski definition) is 2. The maximum absolute atomic E-state index is 12.1. The molecule has 2 rings (SSSR count). The van der Waals surface area contributed by atoms with Gasteiger partial charge in [-0.2, -0.15) is 0 Å². The van der Waals surface area contributed by atoms with E-state index in [1.54, 1.807) is 13.0 Å². The molecule has 1 atom stereocenters. The molecule has 1 aliphatic heterocycles. The standard InChI is InChI=1S/C14H19ClN2O4S/c1-10(9-18)16-14(19)12-5-4-11(8-13(12)15)17-6-2-3-7-22(17,20)21/h4-5,8,10,18H,2-3,6-7,9H2,1H3,(H,16,19). The summed E-state index contributed by atoms with van der Waals surface area (Å²) in [5.74, 6) is -0.277. The van der Waals surface area contributed by atoms with Crippen molar-refractivity contribution in [2.45, 2.75) is 25.8 Å². The summed E-state index contributed by atoms with van der Waals surface area (Å²) in [6.07, 6.45) is 1.46. The van der Waals surface area contributed by atoms with Gasteiger partial charge in [0.2, 0.25) is 10.0 Å². The van der Waals surface area contributed by atoms with Crippen molar-refractivity contribution in [3.05, 3.63) is 28.8 Å². The number of amides is 1. The van der Waals surface area contributed by atoms with Crippen LogP contribution >= 0.6 is 11.6 Å². The molecule has 8 heteroatoms. The molecule has 0 aliphatic carbocycles. The molecule has 1 heterocycles. The topological polar surface area (TPSA) is 86.7 Å². The minimum atomic E-state index is -3.31. The Hall–Kier alpha value is -1.31. The summed E-state index contributed by atoms with van der Waals surface area (Å²) in [6.45, 7) is 1.92. The second kappa shape index (κ2) is 6.85. The molecule has 1 fully saturated rings. The first-order valence-corrected chi connectivity index (χ1v) is 9.05. The van der Waals surface area contributed by atoms with Crippen LogP contribution in [-0.4, -0.2) is 44.4 Å². The predicted molar refractivity (Wildman–Crippen MR) is 85.8 cm³/mol. The minimum Gasteiger partial charge on any atom is -0.394 e. The van der Waals surface area contributed by atoms with Crippen LogP contribution in [0, 0.1) is 0 Å². The predicted octanol–water partition coefficient (Wildman–Crippen LogP) is 1.38. The SMILES string of the molecule is CC(CO)NC(=O)c1ccc(N2CCCCS2(=O)=O)cc1Cl. The first-order chi connectivity index (χ1) is 10.3. The van der Waals surface area contributed by atoms with Crippen LogP contribution in [0.2, 0.25) is 5.02 Å². The van der Waals surface area contributed by atoms with Crippen LogP contribution < -0.4 is 9.62 Å². The number of sulfonamides is 1. The summed E-state index contributed by atoms with van der Waals surface area (Å²) in [6, 6.07) is 4.18. The van der Waals surface area contributed by atoms with Crippen LogP contribution in [0.25, 0.3) is 0 Å². The number of halogens is 1. The Bertz CT molecular complexity index is 663. The maximum atomic E-state index is 12.1. The van der Waals surface area contributed by atoms with Crippen molar-refractivity contribution in [2.75, 3.05) is 23.2 Å². The van der Waals surface area contributed by atoms with Gasteiger partial charge in [0.1, 0.15) is 0 Å². The average molecular weight is 347 g/mol. The summed E-state index contributed by atoms with van der Waals surface area (Å²) in [5.41, 5.74) is 0.719. The molecule has 0 saturated carbocycles. The van der Waals surface area contributed by atoms with Crippen molar-refractivity contribution in [2.24, 2.45) is 0 Å². The number of hydrogen-bond acceptors (Lipinski definition) is 4. The average Bonchev–Trinajstić information content (AvgIpc) is 2.46. The third kappa shape index (κ3) is 3.71. The first-order valence-electron chi connectivity index (χ1n) is 7.07. The normalized spacial score (nSPS) is 18.8. The molecule has 0 spiro atoms. The third-order valence-corrected chi connectivity index (χ3v) is 5.67. The molecule has 122 valence electrons. The van der Waals surface area contributed by atoms with Crippen LogP contribution in [0.15, 0.2) is 18.2 Å². The molecule has 1 aliphatic rings. The Balaban J connectivity index is 2.24. The smallest absolute Gasteiger partial charge is 0.253 e. The van der Waals surface area contributed by atoms with Gasteiger partial charge in [0.25, 0.3) is 5.91 Å². The molecule has 1 unspecified atom stereocenters. The van der Waals surface area contributed by atoms with Gasteiger partial charge < -0.3 is 10.4 Å². The van der Waals surface area contributed by atoms with Crippen LogP contribution in [0.1, 0.15) is 30.1 Å². The maximum Gasteiger partial charge on any atom is 0.253 e. The van der Waals surface area contributed by atoms with Crippen molar-refractivity contribution >= 4 is 33.2 Å². The lowest BCUT2D eigenvalue weighted by molar-refractivity contribution is 0.0922. The molecule has 6 nitrogen and oxygen atoms in total. The summed E-state index contributed by atoms with van der Waals surface area (Å²) in [7, 11) is -3.31. The number of aliphatic hydroxyl groups is 1. The van der Waals surface area contributed by atoms with E-state index in [2.05, 4.69) is 5.32 Å². The van der Waals surface area contributed by atoms with E-state index in [0.717, 1.165) is 6.42 Å². The zero-order valence-corrected chi connectivity index (χ0v) is 13.8. The van der Waals surface area contributed by atoms with Gasteiger partial charge in [-0.3, -0.25) is 9.10 Å². The highest BCUT2D eigenvalue weighted by molar-refractivity contribution is 7.92. The highest BCUT2D eigenvalue weighted by Crippen LogP contribution is 2.28. The van der Waals surface area contributed by atoms with Gasteiger partial charge in [-0.15, -0.1) is 0 Å². The number of anilines is 1. The Kier molecular flexibility index (Phi) is 5.31. The van der Waals surface area contributed by atoms with Crippen molar-refractivity contribution in [3.63, 3.8) is 0 Å². The van der Waals surface area contributed by atoms with E-state index in [-0.39, 0.29) is 29.0 Å². The fourth-order valence-electron chi connectivity index (χ4n) is 2.27. The minimum absolute atomic E-state index is 0.126. The molecule has 0 radical (unpaired) electrons. The van der Waals surface area contributed by atoms with Gasteiger partial charge in [0, 0.05) is 12.6 Å². The molecule has 0 aromatic heterocycles. The van der Waals surface area contributed by atoms with Gasteiger partial charge in [-0.1, -0.05) is 11.6 Å². The number of nitrogens with zero attached hydrogens (tertiary/aromatic N) is 1. The van der Waals surface area contributed by atoms with E-state index in [0.29, 0.717) is 18.7 Å². The lowest BCUT2D eigenvalue weighted by Gasteiger charge is -2.28. The van der Waals surface area contributed by atoms with E-state index in [9.17, 15) is 13.2 Å². The zero-order chi connectivity index (χ0) is 16.3. The van der Waals surface area contributed by atoms with Crippen LogP contribution in [0.5, 0.6) is 0 Å². The lowest BCUT2D eigenvalue weighted by atomic mass is 10.1. The second-order valence-electron chi connectivity index (χ2n) is 5.32. The number of carbonyl (C=O) groups excluding carboxylic acids is 1. The quantitative estimate of drug-likeness (QED) is 0.862. The van der Waals surface area contributed by atoms with Gasteiger partial charge in [-0.05, 0) is 38.0 Å². The summed E-state index contributed by atoms with van der Waals surface area (Å²) in [5, 5.41) is 11.7. The number of rotatable bonds is 4. The molecule has 1 amide bonds. The van der Waals surface area contributed by atoms with E-state index >= 15 is 0 Å². The van der Waals surface area contributed by atoms with Crippen molar-refractivity contribution in [1.82, 2.24) is 5.32 Å². The number of nitrogens with one attached hydrogen (secondary N) is 1. The third-order valence-electron chi connectivity index (χ3n) is 3.49. The molecule has 2 N–H and O–H groups in total. The molecular weight excluding hydrogens is 328 g/mol. The monoisotopic (exact) mass is 346 g/mol. The van der Waals surface area contributed by atoms with Crippen molar-refractivity contribution in [3.8, 4) is 0 Å². The number of carbonyl (C=O) groups is 1. The number of aliphatic hydroxyl groups excluding tert-OH is 1. The molecule has 1 aromatic carbocycles. The van der Waals surface area contributed by atoms with Crippen molar-refractivity contribution in [1.29, 1.82) is 0 Å². The molecule has 22 heavy (non-hydrogen) atoms. The lowest BCUT2D eigenvalue weighted by Crippen LogP contribution is -2.38. The molecule has 1 aromatic rings. The number of benzene rings is 1. The summed E-state index contributed by atoms with van der Waals surface area (Å²) >= 11 is 6.12. The van der Waals surface area contributed by atoms with E-state index in [4.69, 9.17) is 16.7 Å². The Morgan fingerprint density at radius 1 is 1.45 bits per heavy atom. The molecular formula is C14H19ClN2O4S. The molecule has 0 bridgehead atoms. The van der Waals surface area contributed by atoms with Crippen LogP contribution in [-0.2, 0) is 10.0 Å². The summed E-state index contributed by atoms with van der Waals surface area (Å²) in [4.78, 5) is 12.0. The fraction of sp³-hybridized carbons (Fsp3) is 0.500. The Morgan fingerprint density at radius 3 is 2.77 bits per heavy atom. The van der Waals surface area contributed by atoms with E-state index < -0.39 is 15.9 Å². The Morgan fingerprint density at radius 2 is 2.18 bits per heavy atom. The molecule has 1 saturated heterocycles. The van der Waals surface area contributed by atoms with Crippen LogP contribution in [0.4, 0.5) is 5.69 Å². The van der Waals surface area contributed by atoms with Gasteiger partial charge in [0.05, 0.1) is 28.6 Å². The van der Waals surface area contributed by atoms with E-state index in [1.165, 1.54) is 16.4 Å². The largest absolute Gasteiger partial charge is 0.394 e. The van der Waals surface area contributed by atoms with E-state index in [1.807, 2.05) is 0 Å². The fourth-order valence-corrected chi connectivity index (χ4v) is 4.16. The van der Waals surface area contributed by atoms with Gasteiger partial charge in [0.15, 0.2) is 0 Å². The van der Waals surface area contributed by atoms with Crippen LogP contribution in [0.3, 0.4) is 0 Å². The van der Waals surface area contributed by atoms with Gasteiger partial charge >= 0.3 is 0 Å². The zero-order valence-electron chi connectivity index (χ0n) is 12.3. The second-order valence-corrected chi connectivity index (χ2v) is 7.74. The summed E-state index contributed by atoms with van der Waals surface area (Å²) < 4.78 is 25.5. The Labute approximate surface area is 135 Å². The highest BCUT2D eigenvalue weighted by atomic mass is 35.5. The first kappa shape index (κ1) is 17.1. The highest BCUT2D eigenvalue weighted by Gasteiger charge is 2.26. The van der Waals surface area contributed by atoms with Gasteiger partial charge in [-0.25, -0.2) is 8.42 Å².